The fraction of sp³-hybridized carbons (Fsp3) is 0.269. The van der Waals surface area contributed by atoms with Crippen LogP contribution in [0.5, 0.6) is 5.75 Å². The van der Waals surface area contributed by atoms with Crippen LogP contribution in [0.2, 0.25) is 0 Å². The summed E-state index contributed by atoms with van der Waals surface area (Å²) < 4.78 is 14.3. The highest BCUT2D eigenvalue weighted by atomic mass is 16.5. The van der Waals surface area contributed by atoms with Crippen molar-refractivity contribution in [3.63, 3.8) is 0 Å². The lowest BCUT2D eigenvalue weighted by Gasteiger charge is -2.34. The van der Waals surface area contributed by atoms with Gasteiger partial charge < -0.3 is 18.9 Å². The molecule has 0 saturated carbocycles. The average molecular weight is 504 g/mol. The minimum Gasteiger partial charge on any atom is -0.483 e. The topological polar surface area (TPSA) is 128 Å². The first-order valence-electron chi connectivity index (χ1n) is 11.8. The van der Waals surface area contributed by atoms with Crippen molar-refractivity contribution in [2.45, 2.75) is 39.6 Å². The van der Waals surface area contributed by atoms with Crippen molar-refractivity contribution in [3.8, 4) is 5.75 Å². The Labute approximate surface area is 210 Å². The minimum absolute atomic E-state index is 0.0325. The predicted octanol–water partition coefficient (Wildman–Crippen LogP) is 1.98. The van der Waals surface area contributed by atoms with Crippen LogP contribution in [0.1, 0.15) is 46.0 Å². The molecule has 0 radical (unpaired) electrons. The van der Waals surface area contributed by atoms with Gasteiger partial charge in [-0.1, -0.05) is 30.3 Å². The zero-order chi connectivity index (χ0) is 26.1. The number of ether oxygens (including phenoxy) is 2. The number of nitrogens with one attached hydrogen (secondary N) is 1. The normalized spacial score (nSPS) is 13.2. The molecule has 1 aromatic carbocycles. The van der Waals surface area contributed by atoms with Gasteiger partial charge in [0.2, 0.25) is 5.43 Å². The Bertz CT molecular complexity index is 1600. The molecule has 0 fully saturated rings. The number of hydrogen-bond acceptors (Lipinski definition) is 7. The number of aromatic amines is 1. The molecule has 11 nitrogen and oxygen atoms in total. The van der Waals surface area contributed by atoms with Crippen molar-refractivity contribution in [1.29, 1.82) is 0 Å². The first-order chi connectivity index (χ1) is 17.8. The van der Waals surface area contributed by atoms with Crippen molar-refractivity contribution >= 4 is 17.5 Å². The molecule has 190 valence electrons. The maximum Gasteiger partial charge on any atom is 0.347 e. The molecular weight excluding hydrogens is 478 g/mol. The number of benzene rings is 1. The van der Waals surface area contributed by atoms with E-state index in [9.17, 15) is 19.2 Å². The van der Waals surface area contributed by atoms with Crippen LogP contribution in [-0.2, 0) is 24.5 Å². The van der Waals surface area contributed by atoms with Crippen LogP contribution < -0.4 is 15.9 Å². The number of carbonyl (C=O) groups is 2. The number of aromatic nitrogens is 4. The van der Waals surface area contributed by atoms with E-state index in [-0.39, 0.29) is 47.8 Å². The highest BCUT2D eigenvalue weighted by Gasteiger charge is 2.32. The van der Waals surface area contributed by atoms with Gasteiger partial charge in [0.25, 0.3) is 5.91 Å². The number of rotatable bonds is 7. The Morgan fingerprint density at radius 2 is 1.84 bits per heavy atom. The number of hydrogen-bond donors (Lipinski definition) is 1. The third-order valence-electron chi connectivity index (χ3n) is 6.24. The van der Waals surface area contributed by atoms with E-state index in [0.29, 0.717) is 18.8 Å². The van der Waals surface area contributed by atoms with E-state index in [1.165, 1.54) is 28.8 Å². The standard InChI is InChI=1S/C26H25N5O6/c1-16(2)29-11-12-30-18(15-37-25(34)19-9-6-10-31-23(19)27-28-26(31)35)13-20(32)22(21(30)24(29)33)36-14-17-7-4-3-5-8-17/h3-10,13,16H,11-12,14-15H2,1-2H3,(H,28,35). The Hall–Kier alpha value is -4.67. The molecule has 0 saturated heterocycles. The van der Waals surface area contributed by atoms with Crippen LogP contribution in [0, 0.1) is 0 Å². The molecule has 3 aromatic heterocycles. The van der Waals surface area contributed by atoms with E-state index in [4.69, 9.17) is 9.47 Å². The molecule has 1 aliphatic heterocycles. The molecule has 1 amide bonds. The van der Waals surface area contributed by atoms with Gasteiger partial charge in [0.15, 0.2) is 17.1 Å². The molecule has 0 spiro atoms. The number of carbonyl (C=O) groups excluding carboxylic acids is 2. The summed E-state index contributed by atoms with van der Waals surface area (Å²) in [6.07, 6.45) is 1.48. The summed E-state index contributed by atoms with van der Waals surface area (Å²) in [5.74, 6) is -1.08. The van der Waals surface area contributed by atoms with Gasteiger partial charge in [-0.15, -0.1) is 0 Å². The highest BCUT2D eigenvalue weighted by Crippen LogP contribution is 2.25. The predicted molar refractivity (Wildman–Crippen MR) is 133 cm³/mol. The molecule has 4 aromatic rings. The largest absolute Gasteiger partial charge is 0.483 e. The number of esters is 1. The van der Waals surface area contributed by atoms with Crippen LogP contribution in [-0.4, -0.2) is 48.5 Å². The summed E-state index contributed by atoms with van der Waals surface area (Å²) in [7, 11) is 0. The Balaban J connectivity index is 1.47. The monoisotopic (exact) mass is 503 g/mol. The van der Waals surface area contributed by atoms with Gasteiger partial charge in [0.05, 0.1) is 5.69 Å². The second-order valence-electron chi connectivity index (χ2n) is 8.92. The molecule has 37 heavy (non-hydrogen) atoms. The van der Waals surface area contributed by atoms with Crippen LogP contribution in [0.3, 0.4) is 0 Å². The molecule has 5 rings (SSSR count). The van der Waals surface area contributed by atoms with Crippen LogP contribution in [0.4, 0.5) is 0 Å². The van der Waals surface area contributed by atoms with Gasteiger partial charge in [0, 0.05) is 31.4 Å². The third-order valence-corrected chi connectivity index (χ3v) is 6.24. The lowest BCUT2D eigenvalue weighted by atomic mass is 10.1. The van der Waals surface area contributed by atoms with E-state index >= 15 is 0 Å². The van der Waals surface area contributed by atoms with Crippen molar-refractivity contribution in [2.24, 2.45) is 0 Å². The number of fused-ring (bicyclic) bond motifs is 2. The zero-order valence-electron chi connectivity index (χ0n) is 20.3. The Kier molecular flexibility index (Phi) is 6.34. The highest BCUT2D eigenvalue weighted by molar-refractivity contribution is 5.96. The van der Waals surface area contributed by atoms with E-state index in [2.05, 4.69) is 10.2 Å². The summed E-state index contributed by atoms with van der Waals surface area (Å²) in [5.41, 5.74) is 0.613. The summed E-state index contributed by atoms with van der Waals surface area (Å²) in [5, 5.41) is 6.16. The van der Waals surface area contributed by atoms with Gasteiger partial charge >= 0.3 is 11.7 Å². The van der Waals surface area contributed by atoms with Crippen molar-refractivity contribution in [3.05, 3.63) is 98.0 Å². The Morgan fingerprint density at radius 3 is 2.59 bits per heavy atom. The van der Waals surface area contributed by atoms with Crippen LogP contribution in [0.25, 0.3) is 5.65 Å². The molecular formula is C26H25N5O6. The van der Waals surface area contributed by atoms with Gasteiger partial charge in [0.1, 0.15) is 18.8 Å². The quantitative estimate of drug-likeness (QED) is 0.382. The molecule has 0 atom stereocenters. The molecule has 0 unspecified atom stereocenters. The molecule has 1 N–H and O–H groups in total. The number of nitrogens with zero attached hydrogens (tertiary/aromatic N) is 4. The SMILES string of the molecule is CC(C)N1CCn2c(COC(=O)c3cccn4c(=O)[nH]nc34)cc(=O)c(OCc3ccccc3)c2C1=O. The first-order valence-corrected chi connectivity index (χ1v) is 11.8. The van der Waals surface area contributed by atoms with Gasteiger partial charge in [-0.05, 0) is 31.5 Å². The average Bonchev–Trinajstić information content (AvgIpc) is 3.28. The van der Waals surface area contributed by atoms with Gasteiger partial charge in [-0.3, -0.25) is 9.59 Å². The number of pyridine rings is 2. The van der Waals surface area contributed by atoms with Crippen LogP contribution >= 0.6 is 0 Å². The van der Waals surface area contributed by atoms with Gasteiger partial charge in [-0.25, -0.2) is 19.1 Å². The summed E-state index contributed by atoms with van der Waals surface area (Å²) in [6.45, 7) is 4.51. The number of H-pyrrole nitrogens is 1. The minimum atomic E-state index is -0.721. The molecule has 0 bridgehead atoms. The molecule has 0 aliphatic carbocycles. The third kappa shape index (κ3) is 4.51. The fourth-order valence-electron chi connectivity index (χ4n) is 4.38. The second kappa shape index (κ2) is 9.76. The van der Waals surface area contributed by atoms with Crippen LogP contribution in [0.15, 0.2) is 64.3 Å². The maximum atomic E-state index is 13.4. The van der Waals surface area contributed by atoms with Crippen molar-refractivity contribution in [2.75, 3.05) is 6.54 Å². The number of amides is 1. The van der Waals surface area contributed by atoms with E-state index in [1.807, 2.05) is 44.2 Å². The van der Waals surface area contributed by atoms with E-state index in [0.717, 1.165) is 5.56 Å². The molecule has 4 heterocycles. The van der Waals surface area contributed by atoms with E-state index < -0.39 is 17.1 Å². The lowest BCUT2D eigenvalue weighted by Crippen LogP contribution is -2.46. The second-order valence-corrected chi connectivity index (χ2v) is 8.92. The zero-order valence-corrected chi connectivity index (χ0v) is 20.3. The first kappa shape index (κ1) is 24.0. The summed E-state index contributed by atoms with van der Waals surface area (Å²) >= 11 is 0. The van der Waals surface area contributed by atoms with Crippen molar-refractivity contribution in [1.82, 2.24) is 24.1 Å². The van der Waals surface area contributed by atoms with E-state index in [1.54, 1.807) is 9.47 Å². The maximum absolute atomic E-state index is 13.4. The fourth-order valence-corrected chi connectivity index (χ4v) is 4.38. The summed E-state index contributed by atoms with van der Waals surface area (Å²) in [6, 6.07) is 13.6. The summed E-state index contributed by atoms with van der Waals surface area (Å²) in [4.78, 5) is 52.9. The smallest absolute Gasteiger partial charge is 0.347 e. The van der Waals surface area contributed by atoms with Gasteiger partial charge in [-0.2, -0.15) is 5.10 Å². The lowest BCUT2D eigenvalue weighted by molar-refractivity contribution is 0.0458. The molecule has 11 heteroatoms. The van der Waals surface area contributed by atoms with Crippen molar-refractivity contribution < 1.29 is 19.1 Å². The Morgan fingerprint density at radius 1 is 1.05 bits per heavy atom. The molecule has 1 aliphatic rings.